The van der Waals surface area contributed by atoms with Gasteiger partial charge in [0.15, 0.2) is 0 Å². The van der Waals surface area contributed by atoms with Gasteiger partial charge in [0.05, 0.1) is 0 Å². The van der Waals surface area contributed by atoms with E-state index in [1.807, 2.05) is 6.92 Å². The second-order valence-electron chi connectivity index (χ2n) is 18.6. The maximum Gasteiger partial charge on any atom is 0.306 e. The number of unbranched alkanes of at least 4 members (excludes halogenated alkanes) is 7. The van der Waals surface area contributed by atoms with E-state index < -0.39 is 0 Å². The average molecular weight is 689 g/mol. The van der Waals surface area contributed by atoms with Crippen LogP contribution >= 0.6 is 0 Å². The van der Waals surface area contributed by atoms with Gasteiger partial charge in [-0.2, -0.15) is 0 Å². The molecular weight excluding hydrogens is 613 g/mol. The molecule has 1 aromatic heterocycles. The lowest BCUT2D eigenvalue weighted by Gasteiger charge is -2.58. The molecule has 0 spiro atoms. The Bertz CT molecular complexity index is 1300. The zero-order chi connectivity index (χ0) is 35.9. The highest BCUT2D eigenvalue weighted by Crippen LogP contribution is 2.67. The van der Waals surface area contributed by atoms with Gasteiger partial charge in [0.1, 0.15) is 17.6 Å². The molecule has 5 rings (SSSR count). The zero-order valence-electron chi connectivity index (χ0n) is 33.8. The van der Waals surface area contributed by atoms with Crippen molar-refractivity contribution in [3.8, 4) is 0 Å². The molecular formula is C47H76O3. The van der Waals surface area contributed by atoms with Gasteiger partial charge < -0.3 is 9.15 Å². The van der Waals surface area contributed by atoms with Crippen molar-refractivity contribution in [1.82, 2.24) is 0 Å². The minimum absolute atomic E-state index is 0.0434. The Morgan fingerprint density at radius 3 is 2.32 bits per heavy atom. The Morgan fingerprint density at radius 2 is 1.60 bits per heavy atom. The normalized spacial score (nSPS) is 31.4. The first-order valence-corrected chi connectivity index (χ1v) is 21.6. The van der Waals surface area contributed by atoms with Crippen LogP contribution in [0.4, 0.5) is 0 Å². The van der Waals surface area contributed by atoms with E-state index in [0.717, 1.165) is 73.4 Å². The summed E-state index contributed by atoms with van der Waals surface area (Å²) >= 11 is 0. The molecule has 8 atom stereocenters. The average Bonchev–Trinajstić information content (AvgIpc) is 3.57. The minimum Gasteiger partial charge on any atom is -0.462 e. The predicted octanol–water partition coefficient (Wildman–Crippen LogP) is 13.9. The van der Waals surface area contributed by atoms with E-state index >= 15 is 0 Å². The van der Waals surface area contributed by atoms with Gasteiger partial charge in [-0.15, -0.1) is 0 Å². The molecule has 0 bridgehead atoms. The molecule has 0 amide bonds. The topological polar surface area (TPSA) is 39.4 Å². The summed E-state index contributed by atoms with van der Waals surface area (Å²) in [5.41, 5.74) is 5.11. The van der Waals surface area contributed by atoms with Crippen molar-refractivity contribution < 1.29 is 13.9 Å². The van der Waals surface area contributed by atoms with Gasteiger partial charge in [0.2, 0.25) is 0 Å². The molecule has 4 aliphatic carbocycles. The summed E-state index contributed by atoms with van der Waals surface area (Å²) in [4.78, 5) is 12.9. The summed E-state index contributed by atoms with van der Waals surface area (Å²) in [6.07, 6.45) is 32.7. The molecule has 1 heterocycles. The lowest BCUT2D eigenvalue weighted by Crippen LogP contribution is -2.51. The number of hydrogen-bond donors (Lipinski definition) is 0. The molecule has 0 radical (unpaired) electrons. The van der Waals surface area contributed by atoms with Crippen LogP contribution in [0.2, 0.25) is 0 Å². The van der Waals surface area contributed by atoms with E-state index in [0.29, 0.717) is 17.3 Å². The highest BCUT2D eigenvalue weighted by Gasteiger charge is 2.59. The molecule has 8 unspecified atom stereocenters. The summed E-state index contributed by atoms with van der Waals surface area (Å²) in [6, 6.07) is 0. The second-order valence-corrected chi connectivity index (χ2v) is 18.6. The van der Waals surface area contributed by atoms with Crippen LogP contribution in [0.25, 0.3) is 6.08 Å². The number of esters is 1. The summed E-state index contributed by atoms with van der Waals surface area (Å²) in [6.45, 7) is 19.0. The van der Waals surface area contributed by atoms with E-state index in [2.05, 4.69) is 66.7 Å². The molecule has 0 saturated heterocycles. The van der Waals surface area contributed by atoms with Gasteiger partial charge in [-0.1, -0.05) is 110 Å². The quantitative estimate of drug-likeness (QED) is 0.0875. The van der Waals surface area contributed by atoms with Crippen molar-refractivity contribution in [1.29, 1.82) is 0 Å². The van der Waals surface area contributed by atoms with Crippen LogP contribution in [0.5, 0.6) is 0 Å². The number of ether oxygens (including phenoxy) is 1. The predicted molar refractivity (Wildman–Crippen MR) is 211 cm³/mol. The monoisotopic (exact) mass is 689 g/mol. The van der Waals surface area contributed by atoms with Gasteiger partial charge in [0.25, 0.3) is 0 Å². The Labute approximate surface area is 308 Å². The van der Waals surface area contributed by atoms with Gasteiger partial charge in [0, 0.05) is 19.3 Å². The number of carbonyl (C=O) groups is 1. The molecule has 282 valence electrons. The Hall–Kier alpha value is -1.77. The first-order valence-electron chi connectivity index (χ1n) is 21.6. The summed E-state index contributed by atoms with van der Waals surface area (Å²) < 4.78 is 12.2. The minimum atomic E-state index is 0.0434. The lowest BCUT2D eigenvalue weighted by atomic mass is 9.47. The fourth-order valence-corrected chi connectivity index (χ4v) is 11.8. The van der Waals surface area contributed by atoms with Crippen LogP contribution in [0.3, 0.4) is 0 Å². The molecule has 50 heavy (non-hydrogen) atoms. The summed E-state index contributed by atoms with van der Waals surface area (Å²) in [5.74, 6) is 7.45. The van der Waals surface area contributed by atoms with E-state index in [1.165, 1.54) is 113 Å². The number of carbonyl (C=O) groups excluding carboxylic acids is 1. The molecule has 3 nitrogen and oxygen atoms in total. The number of furan rings is 1. The third-order valence-corrected chi connectivity index (χ3v) is 15.0. The number of aryl methyl sites for hydroxylation is 1. The van der Waals surface area contributed by atoms with Crippen LogP contribution in [0.15, 0.2) is 22.1 Å². The van der Waals surface area contributed by atoms with Gasteiger partial charge in [-0.3, -0.25) is 4.79 Å². The maximum atomic E-state index is 12.9. The molecule has 0 N–H and O–H groups in total. The first kappa shape index (κ1) is 39.4. The Balaban J connectivity index is 0.971. The van der Waals surface area contributed by atoms with Crippen molar-refractivity contribution in [3.63, 3.8) is 0 Å². The zero-order valence-corrected chi connectivity index (χ0v) is 33.8. The fraction of sp³-hybridized carbons (Fsp3) is 0.809. The standard InChI is InChI=1S/C47H76O3/c1-9-19-43-35(5)36(6)44(50-43)22-16-14-12-10-11-13-15-17-23-45(48)49-38-28-30-46(7)37(32-38)24-25-39-41-27-26-40(34(4)21-18-20-33(2)3)47(41,8)31-29-42(39)46/h9,19,24,33-34,38-42H,10-18,20-23,25-32H2,1-8H3/b19-9+. The Kier molecular flexibility index (Phi) is 14.1. The van der Waals surface area contributed by atoms with E-state index in [9.17, 15) is 4.79 Å². The Morgan fingerprint density at radius 1 is 0.880 bits per heavy atom. The smallest absolute Gasteiger partial charge is 0.306 e. The van der Waals surface area contributed by atoms with Crippen LogP contribution < -0.4 is 0 Å². The number of allylic oxidation sites excluding steroid dienone is 2. The summed E-state index contributed by atoms with van der Waals surface area (Å²) in [7, 11) is 0. The van der Waals surface area contributed by atoms with E-state index in [1.54, 1.807) is 5.57 Å². The van der Waals surface area contributed by atoms with Crippen molar-refractivity contribution in [2.24, 2.45) is 46.3 Å². The molecule has 0 aromatic carbocycles. The molecule has 3 saturated carbocycles. The van der Waals surface area contributed by atoms with Crippen molar-refractivity contribution in [2.45, 2.75) is 196 Å². The molecule has 0 aliphatic heterocycles. The molecule has 3 fully saturated rings. The van der Waals surface area contributed by atoms with E-state index in [4.69, 9.17) is 9.15 Å². The number of fused-ring (bicyclic) bond motifs is 5. The fourth-order valence-electron chi connectivity index (χ4n) is 11.8. The van der Waals surface area contributed by atoms with Gasteiger partial charge in [-0.05, 0) is 142 Å². The van der Waals surface area contributed by atoms with Crippen molar-refractivity contribution in [2.75, 3.05) is 0 Å². The first-order chi connectivity index (χ1) is 24.0. The summed E-state index contributed by atoms with van der Waals surface area (Å²) in [5, 5.41) is 0. The van der Waals surface area contributed by atoms with Crippen LogP contribution in [0.1, 0.15) is 193 Å². The van der Waals surface area contributed by atoms with Crippen LogP contribution in [0, 0.1) is 60.2 Å². The second kappa shape index (κ2) is 17.8. The highest BCUT2D eigenvalue weighted by atomic mass is 16.5. The van der Waals surface area contributed by atoms with Crippen molar-refractivity contribution in [3.05, 3.63) is 40.4 Å². The maximum absolute atomic E-state index is 12.9. The SMILES string of the molecule is C/C=C/c1oc(CCCCCCCCCCC(=O)OC2CCC3(C)C(=CCC4C3CCC3(C)C(C(C)CCCC(C)C)CCC43)C2)c(C)c1C. The van der Waals surface area contributed by atoms with Gasteiger partial charge >= 0.3 is 5.97 Å². The van der Waals surface area contributed by atoms with Crippen LogP contribution in [-0.2, 0) is 16.0 Å². The van der Waals surface area contributed by atoms with Gasteiger partial charge in [-0.25, -0.2) is 0 Å². The molecule has 1 aromatic rings. The number of rotatable bonds is 18. The van der Waals surface area contributed by atoms with Crippen molar-refractivity contribution >= 4 is 12.0 Å². The third-order valence-electron chi connectivity index (χ3n) is 15.0. The number of hydrogen-bond acceptors (Lipinski definition) is 3. The van der Waals surface area contributed by atoms with E-state index in [-0.39, 0.29) is 12.1 Å². The molecule has 3 heteroatoms. The molecule has 4 aliphatic rings. The lowest BCUT2D eigenvalue weighted by molar-refractivity contribution is -0.151. The highest BCUT2D eigenvalue weighted by molar-refractivity contribution is 5.69. The third kappa shape index (κ3) is 9.05. The largest absolute Gasteiger partial charge is 0.462 e. The van der Waals surface area contributed by atoms with Crippen LogP contribution in [-0.4, -0.2) is 12.1 Å².